The first kappa shape index (κ1) is 13.2. The van der Waals surface area contributed by atoms with E-state index in [1.165, 1.54) is 18.7 Å². The fraction of sp³-hybridized carbons (Fsp3) is 0.385. The molecule has 0 saturated carbocycles. The molecule has 0 bridgehead atoms. The molecule has 0 saturated heterocycles. The molecule has 1 N–H and O–H groups in total. The van der Waals surface area contributed by atoms with E-state index in [0.717, 1.165) is 11.1 Å². The summed E-state index contributed by atoms with van der Waals surface area (Å²) in [4.78, 5) is 23.8. The number of hydrogen-bond acceptors (Lipinski definition) is 2. The molecule has 0 spiro atoms. The molecule has 0 heterocycles. The second kappa shape index (κ2) is 4.99. The smallest absolute Gasteiger partial charge is 0.326 e. The van der Waals surface area contributed by atoms with Gasteiger partial charge in [-0.1, -0.05) is 6.07 Å². The lowest BCUT2D eigenvalue weighted by Crippen LogP contribution is -2.42. The molecule has 1 rings (SSSR count). The van der Waals surface area contributed by atoms with Gasteiger partial charge in [0.15, 0.2) is 0 Å². The number of carbonyl (C=O) groups is 2. The van der Waals surface area contributed by atoms with Crippen molar-refractivity contribution < 1.29 is 14.7 Å². The summed E-state index contributed by atoms with van der Waals surface area (Å²) in [6.07, 6.45) is 0. The number of aryl methyl sites for hydroxylation is 2. The topological polar surface area (TPSA) is 57.6 Å². The van der Waals surface area contributed by atoms with E-state index in [1.807, 2.05) is 26.0 Å². The average Bonchev–Trinajstić information content (AvgIpc) is 2.22. The zero-order valence-electron chi connectivity index (χ0n) is 10.5. The monoisotopic (exact) mass is 235 g/mol. The Hall–Kier alpha value is -1.84. The number of carboxylic acids is 1. The number of rotatable bonds is 3. The normalized spacial score (nSPS) is 12.0. The van der Waals surface area contributed by atoms with Crippen LogP contribution >= 0.6 is 0 Å². The molecule has 0 aliphatic heterocycles. The van der Waals surface area contributed by atoms with Gasteiger partial charge in [-0.15, -0.1) is 0 Å². The van der Waals surface area contributed by atoms with Crippen molar-refractivity contribution in [2.45, 2.75) is 33.7 Å². The summed E-state index contributed by atoms with van der Waals surface area (Å²) >= 11 is 0. The molecule has 0 fully saturated rings. The molecule has 1 amide bonds. The zero-order valence-corrected chi connectivity index (χ0v) is 10.5. The van der Waals surface area contributed by atoms with Crippen LogP contribution in [-0.4, -0.2) is 23.0 Å². The van der Waals surface area contributed by atoms with E-state index in [4.69, 9.17) is 5.11 Å². The van der Waals surface area contributed by atoms with Crippen molar-refractivity contribution in [3.05, 3.63) is 29.3 Å². The lowest BCUT2D eigenvalue weighted by molar-refractivity contribution is -0.139. The van der Waals surface area contributed by atoms with Crippen molar-refractivity contribution in [3.8, 4) is 0 Å². The summed E-state index contributed by atoms with van der Waals surface area (Å²) in [6, 6.07) is 4.61. The summed E-state index contributed by atoms with van der Waals surface area (Å²) in [7, 11) is 0. The maximum Gasteiger partial charge on any atom is 0.326 e. The van der Waals surface area contributed by atoms with E-state index in [-0.39, 0.29) is 5.91 Å². The maximum atomic E-state index is 11.5. The number of benzene rings is 1. The molecule has 1 unspecified atom stereocenters. The summed E-state index contributed by atoms with van der Waals surface area (Å²) in [5.41, 5.74) is 2.77. The number of aliphatic carboxylic acids is 1. The van der Waals surface area contributed by atoms with Gasteiger partial charge in [0.2, 0.25) is 5.91 Å². The highest BCUT2D eigenvalue weighted by Gasteiger charge is 2.24. The molecule has 1 aromatic rings. The van der Waals surface area contributed by atoms with Crippen molar-refractivity contribution in [1.29, 1.82) is 0 Å². The van der Waals surface area contributed by atoms with E-state index in [2.05, 4.69) is 0 Å². The lowest BCUT2D eigenvalue weighted by Gasteiger charge is -2.25. The van der Waals surface area contributed by atoms with Crippen molar-refractivity contribution in [3.63, 3.8) is 0 Å². The Kier molecular flexibility index (Phi) is 3.89. The summed E-state index contributed by atoms with van der Waals surface area (Å²) in [6.45, 7) is 6.77. The molecular weight excluding hydrogens is 218 g/mol. The van der Waals surface area contributed by atoms with Crippen LogP contribution in [0.3, 0.4) is 0 Å². The first-order chi connectivity index (χ1) is 7.84. The lowest BCUT2D eigenvalue weighted by atomic mass is 10.1. The number of amides is 1. The van der Waals surface area contributed by atoms with Gasteiger partial charge in [-0.05, 0) is 44.0 Å². The predicted octanol–water partition coefficient (Wildman–Crippen LogP) is 2.13. The van der Waals surface area contributed by atoms with Crippen LogP contribution in [0.5, 0.6) is 0 Å². The minimum atomic E-state index is -1.02. The van der Waals surface area contributed by atoms with Crippen LogP contribution in [0, 0.1) is 13.8 Å². The largest absolute Gasteiger partial charge is 0.480 e. The average molecular weight is 235 g/mol. The third-order valence-electron chi connectivity index (χ3n) is 2.85. The third kappa shape index (κ3) is 2.84. The molecule has 0 aliphatic rings. The Labute approximate surface area is 101 Å². The van der Waals surface area contributed by atoms with Crippen molar-refractivity contribution in [2.24, 2.45) is 0 Å². The molecule has 4 nitrogen and oxygen atoms in total. The highest BCUT2D eigenvalue weighted by molar-refractivity contribution is 5.97. The molecule has 0 aromatic heterocycles. The maximum absolute atomic E-state index is 11.5. The van der Waals surface area contributed by atoms with Gasteiger partial charge in [0, 0.05) is 12.6 Å². The number of hydrogen-bond donors (Lipinski definition) is 1. The van der Waals surface area contributed by atoms with Crippen LogP contribution < -0.4 is 4.90 Å². The van der Waals surface area contributed by atoms with Gasteiger partial charge >= 0.3 is 5.97 Å². The number of anilines is 1. The summed E-state index contributed by atoms with van der Waals surface area (Å²) in [5.74, 6) is -1.29. The number of carbonyl (C=O) groups excluding carboxylic acids is 1. The van der Waals surface area contributed by atoms with Crippen LogP contribution in [0.25, 0.3) is 0 Å². The molecule has 0 aliphatic carbocycles. The number of nitrogens with zero attached hydrogens (tertiary/aromatic N) is 1. The van der Waals surface area contributed by atoms with E-state index in [1.54, 1.807) is 6.07 Å². The van der Waals surface area contributed by atoms with E-state index in [0.29, 0.717) is 5.69 Å². The Bertz CT molecular complexity index is 454. The molecule has 1 atom stereocenters. The second-order valence-corrected chi connectivity index (χ2v) is 4.17. The van der Waals surface area contributed by atoms with Crippen LogP contribution in [0.2, 0.25) is 0 Å². The van der Waals surface area contributed by atoms with Crippen molar-refractivity contribution in [2.75, 3.05) is 4.90 Å². The van der Waals surface area contributed by atoms with Crippen LogP contribution in [0.15, 0.2) is 18.2 Å². The van der Waals surface area contributed by atoms with Crippen LogP contribution in [0.4, 0.5) is 5.69 Å². The Morgan fingerprint density at radius 1 is 1.24 bits per heavy atom. The Balaban J connectivity index is 3.19. The highest BCUT2D eigenvalue weighted by Crippen LogP contribution is 2.21. The van der Waals surface area contributed by atoms with Gasteiger partial charge in [-0.25, -0.2) is 4.79 Å². The zero-order chi connectivity index (χ0) is 13.2. The first-order valence-electron chi connectivity index (χ1n) is 5.44. The van der Waals surface area contributed by atoms with Gasteiger partial charge in [-0.2, -0.15) is 0 Å². The summed E-state index contributed by atoms with van der Waals surface area (Å²) < 4.78 is 0. The minimum Gasteiger partial charge on any atom is -0.480 e. The van der Waals surface area contributed by atoms with E-state index >= 15 is 0 Å². The van der Waals surface area contributed by atoms with Crippen molar-refractivity contribution >= 4 is 17.6 Å². The predicted molar refractivity (Wildman–Crippen MR) is 66.2 cm³/mol. The molecule has 0 radical (unpaired) electrons. The van der Waals surface area contributed by atoms with Gasteiger partial charge in [0.05, 0.1) is 0 Å². The fourth-order valence-electron chi connectivity index (χ4n) is 1.66. The van der Waals surface area contributed by atoms with Crippen molar-refractivity contribution in [1.82, 2.24) is 0 Å². The van der Waals surface area contributed by atoms with E-state index < -0.39 is 12.0 Å². The van der Waals surface area contributed by atoms with Gasteiger partial charge < -0.3 is 5.11 Å². The van der Waals surface area contributed by atoms with Gasteiger partial charge in [0.25, 0.3) is 0 Å². The second-order valence-electron chi connectivity index (χ2n) is 4.17. The third-order valence-corrected chi connectivity index (χ3v) is 2.85. The van der Waals surface area contributed by atoms with Gasteiger partial charge in [-0.3, -0.25) is 9.69 Å². The fourth-order valence-corrected chi connectivity index (χ4v) is 1.66. The Morgan fingerprint density at radius 2 is 1.82 bits per heavy atom. The van der Waals surface area contributed by atoms with Crippen LogP contribution in [-0.2, 0) is 9.59 Å². The molecule has 1 aromatic carbocycles. The Morgan fingerprint density at radius 3 is 2.24 bits per heavy atom. The molecule has 92 valence electrons. The quantitative estimate of drug-likeness (QED) is 0.873. The van der Waals surface area contributed by atoms with Crippen LogP contribution in [0.1, 0.15) is 25.0 Å². The van der Waals surface area contributed by atoms with Gasteiger partial charge in [0.1, 0.15) is 6.04 Å². The molecule has 4 heteroatoms. The van der Waals surface area contributed by atoms with E-state index in [9.17, 15) is 9.59 Å². The highest BCUT2D eigenvalue weighted by atomic mass is 16.4. The molecule has 17 heavy (non-hydrogen) atoms. The minimum absolute atomic E-state index is 0.275. The SMILES string of the molecule is CC(=O)N(c1ccc(C)c(C)c1)C(C)C(=O)O. The first-order valence-corrected chi connectivity index (χ1v) is 5.44. The summed E-state index contributed by atoms with van der Waals surface area (Å²) in [5, 5.41) is 8.99. The molecular formula is C13H17NO3. The standard InChI is InChI=1S/C13H17NO3/c1-8-5-6-12(7-9(8)2)14(11(4)15)10(3)13(16)17/h5-7,10H,1-4H3,(H,16,17). The number of carboxylic acid groups (broad SMARTS) is 1.